The maximum absolute atomic E-state index is 12.4. The molecule has 0 saturated heterocycles. The van der Waals surface area contributed by atoms with E-state index in [0.29, 0.717) is 10.9 Å². The van der Waals surface area contributed by atoms with Gasteiger partial charge in [-0.3, -0.25) is 9.36 Å². The van der Waals surface area contributed by atoms with E-state index < -0.39 is 0 Å². The molecular weight excluding hydrogens is 306 g/mol. The van der Waals surface area contributed by atoms with Gasteiger partial charge in [-0.15, -0.1) is 10.2 Å². The predicted molar refractivity (Wildman–Crippen MR) is 92.3 cm³/mol. The Morgan fingerprint density at radius 3 is 2.65 bits per heavy atom. The van der Waals surface area contributed by atoms with Crippen molar-refractivity contribution >= 4 is 17.5 Å². The van der Waals surface area contributed by atoms with E-state index in [2.05, 4.69) is 10.2 Å². The van der Waals surface area contributed by atoms with Gasteiger partial charge in [0, 0.05) is 11.3 Å². The molecule has 0 fully saturated rings. The molecule has 5 heteroatoms. The van der Waals surface area contributed by atoms with Gasteiger partial charge in [-0.25, -0.2) is 0 Å². The number of rotatable bonds is 5. The predicted octanol–water partition coefficient (Wildman–Crippen LogP) is 3.86. The summed E-state index contributed by atoms with van der Waals surface area (Å²) in [5.74, 6) is 0.449. The number of carbonyl (C=O) groups excluding carboxylic acids is 1. The lowest BCUT2D eigenvalue weighted by Crippen LogP contribution is -2.06. The molecule has 0 aliphatic carbocycles. The number of hydrogen-bond donors (Lipinski definition) is 0. The molecule has 0 spiro atoms. The number of thioether (sulfide) groups is 1. The van der Waals surface area contributed by atoms with Crippen molar-refractivity contribution in [1.82, 2.24) is 14.8 Å². The largest absolute Gasteiger partial charge is 0.293 e. The van der Waals surface area contributed by atoms with Crippen LogP contribution >= 0.6 is 11.8 Å². The molecule has 23 heavy (non-hydrogen) atoms. The lowest BCUT2D eigenvalue weighted by Gasteiger charge is -2.07. The first-order chi connectivity index (χ1) is 11.1. The van der Waals surface area contributed by atoms with Gasteiger partial charge < -0.3 is 0 Å². The Morgan fingerprint density at radius 1 is 1.13 bits per heavy atom. The fourth-order valence-electron chi connectivity index (χ4n) is 2.42. The first-order valence-corrected chi connectivity index (χ1v) is 8.32. The molecule has 1 heterocycles. The van der Waals surface area contributed by atoms with Gasteiger partial charge in [0.1, 0.15) is 6.33 Å². The van der Waals surface area contributed by atoms with Crippen molar-refractivity contribution in [3.63, 3.8) is 0 Å². The van der Waals surface area contributed by atoms with Crippen LogP contribution in [0, 0.1) is 13.8 Å². The highest BCUT2D eigenvalue weighted by atomic mass is 32.2. The average Bonchev–Trinajstić information content (AvgIpc) is 3.02. The summed E-state index contributed by atoms with van der Waals surface area (Å²) in [5, 5.41) is 8.79. The van der Waals surface area contributed by atoms with E-state index in [1.165, 1.54) is 11.8 Å². The minimum Gasteiger partial charge on any atom is -0.293 e. The monoisotopic (exact) mass is 323 g/mol. The number of carbonyl (C=O) groups is 1. The van der Waals surface area contributed by atoms with Crippen molar-refractivity contribution in [2.45, 2.75) is 19.0 Å². The first-order valence-electron chi connectivity index (χ1n) is 7.34. The fraction of sp³-hybridized carbons (Fsp3) is 0.167. The Hall–Kier alpha value is -2.40. The highest BCUT2D eigenvalue weighted by Crippen LogP contribution is 2.21. The number of hydrogen-bond acceptors (Lipinski definition) is 4. The van der Waals surface area contributed by atoms with E-state index in [1.54, 1.807) is 6.33 Å². The summed E-state index contributed by atoms with van der Waals surface area (Å²) in [6, 6.07) is 15.8. The van der Waals surface area contributed by atoms with Crippen LogP contribution in [0.4, 0.5) is 0 Å². The summed E-state index contributed by atoms with van der Waals surface area (Å²) in [6.45, 7) is 4.00. The number of nitrogens with zero attached hydrogens (tertiary/aromatic N) is 3. The molecule has 3 rings (SSSR count). The summed E-state index contributed by atoms with van der Waals surface area (Å²) >= 11 is 1.40. The molecule has 3 aromatic rings. The molecular formula is C18H17N3OS. The lowest BCUT2D eigenvalue weighted by atomic mass is 10.0. The minimum absolute atomic E-state index is 0.107. The molecule has 0 saturated carbocycles. The van der Waals surface area contributed by atoms with E-state index in [1.807, 2.05) is 66.9 Å². The van der Waals surface area contributed by atoms with Gasteiger partial charge in [0.15, 0.2) is 10.9 Å². The summed E-state index contributed by atoms with van der Waals surface area (Å²) in [5.41, 5.74) is 3.93. The second kappa shape index (κ2) is 6.79. The third-order valence-corrected chi connectivity index (χ3v) is 4.51. The van der Waals surface area contributed by atoms with Crippen LogP contribution in [0.25, 0.3) is 5.69 Å². The Kier molecular flexibility index (Phi) is 4.57. The number of aryl methyl sites for hydroxylation is 2. The molecule has 0 bridgehead atoms. The van der Waals surface area contributed by atoms with Gasteiger partial charge in [0.05, 0.1) is 5.75 Å². The van der Waals surface area contributed by atoms with E-state index in [0.717, 1.165) is 22.4 Å². The Balaban J connectivity index is 1.74. The minimum atomic E-state index is 0.107. The zero-order chi connectivity index (χ0) is 16.2. The van der Waals surface area contributed by atoms with Gasteiger partial charge >= 0.3 is 0 Å². The number of Topliss-reactive ketones (excluding diaryl/α,β-unsaturated/α-hetero) is 1. The fourth-order valence-corrected chi connectivity index (χ4v) is 3.24. The summed E-state index contributed by atoms with van der Waals surface area (Å²) in [6.07, 6.45) is 1.67. The zero-order valence-corrected chi connectivity index (χ0v) is 13.9. The normalized spacial score (nSPS) is 10.7. The van der Waals surface area contributed by atoms with Crippen LogP contribution in [0.15, 0.2) is 60.0 Å². The van der Waals surface area contributed by atoms with Crippen LogP contribution in [0.3, 0.4) is 0 Å². The molecule has 0 aliphatic heterocycles. The zero-order valence-electron chi connectivity index (χ0n) is 13.1. The SMILES string of the molecule is Cc1ccc(C(=O)CSc2nncn2-c2ccccc2)c(C)c1. The third kappa shape index (κ3) is 3.51. The summed E-state index contributed by atoms with van der Waals surface area (Å²) < 4.78 is 1.89. The van der Waals surface area contributed by atoms with Gasteiger partial charge in [-0.2, -0.15) is 0 Å². The summed E-state index contributed by atoms with van der Waals surface area (Å²) in [7, 11) is 0. The molecule has 1 aromatic heterocycles. The molecule has 0 N–H and O–H groups in total. The second-order valence-corrected chi connectivity index (χ2v) is 6.29. The van der Waals surface area contributed by atoms with E-state index in [9.17, 15) is 4.79 Å². The van der Waals surface area contributed by atoms with E-state index >= 15 is 0 Å². The lowest BCUT2D eigenvalue weighted by molar-refractivity contribution is 0.102. The number of para-hydroxylation sites is 1. The molecule has 2 aromatic carbocycles. The smallest absolute Gasteiger partial charge is 0.196 e. The van der Waals surface area contributed by atoms with Gasteiger partial charge in [-0.1, -0.05) is 53.7 Å². The molecule has 4 nitrogen and oxygen atoms in total. The van der Waals surface area contributed by atoms with Crippen molar-refractivity contribution in [3.8, 4) is 5.69 Å². The number of benzene rings is 2. The Bertz CT molecular complexity index is 827. The Morgan fingerprint density at radius 2 is 1.91 bits per heavy atom. The standard InChI is InChI=1S/C18H17N3OS/c1-13-8-9-16(14(2)10-13)17(22)11-23-18-20-19-12-21(18)15-6-4-3-5-7-15/h3-10,12H,11H2,1-2H3. The van der Waals surface area contributed by atoms with Crippen LogP contribution in [0.2, 0.25) is 0 Å². The highest BCUT2D eigenvalue weighted by molar-refractivity contribution is 7.99. The van der Waals surface area contributed by atoms with Crippen molar-refractivity contribution in [1.29, 1.82) is 0 Å². The molecule has 0 amide bonds. The van der Waals surface area contributed by atoms with E-state index in [4.69, 9.17) is 0 Å². The van der Waals surface area contributed by atoms with Crippen molar-refractivity contribution in [3.05, 3.63) is 71.5 Å². The Labute approximate surface area is 139 Å². The molecule has 0 atom stereocenters. The number of aromatic nitrogens is 3. The third-order valence-electron chi connectivity index (χ3n) is 3.57. The van der Waals surface area contributed by atoms with Gasteiger partial charge in [0.2, 0.25) is 0 Å². The highest BCUT2D eigenvalue weighted by Gasteiger charge is 2.13. The van der Waals surface area contributed by atoms with Crippen molar-refractivity contribution < 1.29 is 4.79 Å². The van der Waals surface area contributed by atoms with Crippen molar-refractivity contribution in [2.24, 2.45) is 0 Å². The van der Waals surface area contributed by atoms with Gasteiger partial charge in [0.25, 0.3) is 0 Å². The van der Waals surface area contributed by atoms with Crippen molar-refractivity contribution in [2.75, 3.05) is 5.75 Å². The molecule has 0 radical (unpaired) electrons. The molecule has 0 unspecified atom stereocenters. The van der Waals surface area contributed by atoms with Gasteiger partial charge in [-0.05, 0) is 31.5 Å². The van der Waals surface area contributed by atoms with E-state index in [-0.39, 0.29) is 5.78 Å². The number of ketones is 1. The van der Waals surface area contributed by atoms with Crippen LogP contribution in [-0.2, 0) is 0 Å². The first kappa shape index (κ1) is 15.5. The topological polar surface area (TPSA) is 47.8 Å². The quantitative estimate of drug-likeness (QED) is 0.528. The maximum atomic E-state index is 12.4. The maximum Gasteiger partial charge on any atom is 0.196 e. The summed E-state index contributed by atoms with van der Waals surface area (Å²) in [4.78, 5) is 12.4. The van der Waals surface area contributed by atoms with Crippen LogP contribution in [0.1, 0.15) is 21.5 Å². The second-order valence-electron chi connectivity index (χ2n) is 5.35. The average molecular weight is 323 g/mol. The van der Waals surface area contributed by atoms with Crippen LogP contribution in [0.5, 0.6) is 0 Å². The molecule has 116 valence electrons. The molecule has 0 aliphatic rings. The van der Waals surface area contributed by atoms with Crippen LogP contribution < -0.4 is 0 Å². The van der Waals surface area contributed by atoms with Crippen LogP contribution in [-0.4, -0.2) is 26.3 Å².